The van der Waals surface area contributed by atoms with Crippen LogP contribution in [-0.2, 0) is 4.74 Å². The van der Waals surface area contributed by atoms with E-state index in [0.717, 1.165) is 12.1 Å². The van der Waals surface area contributed by atoms with Crippen LogP contribution in [0.3, 0.4) is 0 Å². The van der Waals surface area contributed by atoms with Crippen molar-refractivity contribution in [1.82, 2.24) is 0 Å². The lowest BCUT2D eigenvalue weighted by Crippen LogP contribution is -2.30. The van der Waals surface area contributed by atoms with E-state index >= 15 is 0 Å². The predicted molar refractivity (Wildman–Crippen MR) is 60.0 cm³/mol. The Hall–Kier alpha value is -1.12. The maximum Gasteiger partial charge on any atom is 0.231 e. The van der Waals surface area contributed by atoms with Gasteiger partial charge in [-0.2, -0.15) is 0 Å². The normalized spacial score (nSPS) is 17.1. The Morgan fingerprint density at radius 1 is 1.50 bits per heavy atom. The van der Waals surface area contributed by atoms with Crippen molar-refractivity contribution < 1.29 is 4.74 Å². The lowest BCUT2D eigenvalue weighted by Gasteiger charge is -2.25. The van der Waals surface area contributed by atoms with Crippen LogP contribution in [-0.4, -0.2) is 23.8 Å². The van der Waals surface area contributed by atoms with Crippen molar-refractivity contribution in [2.45, 2.75) is 39.7 Å². The first-order chi connectivity index (χ1) is 6.55. The molecule has 1 aliphatic rings. The van der Waals surface area contributed by atoms with Gasteiger partial charge >= 0.3 is 0 Å². The summed E-state index contributed by atoms with van der Waals surface area (Å²) in [6.45, 7) is 8.78. The summed E-state index contributed by atoms with van der Waals surface area (Å²) >= 11 is 0. The third-order valence-corrected chi connectivity index (χ3v) is 2.25. The zero-order chi connectivity index (χ0) is 10.6. The van der Waals surface area contributed by atoms with E-state index in [0.29, 0.717) is 12.4 Å². The van der Waals surface area contributed by atoms with Crippen molar-refractivity contribution >= 4 is 11.6 Å². The number of rotatable bonds is 2. The van der Waals surface area contributed by atoms with Crippen LogP contribution >= 0.6 is 0 Å². The highest BCUT2D eigenvalue weighted by Crippen LogP contribution is 2.15. The van der Waals surface area contributed by atoms with Gasteiger partial charge in [-0.1, -0.05) is 6.92 Å². The smallest absolute Gasteiger partial charge is 0.231 e. The van der Waals surface area contributed by atoms with Gasteiger partial charge in [0, 0.05) is 6.20 Å². The highest BCUT2D eigenvalue weighted by atomic mass is 16.5. The molecule has 0 fully saturated rings. The highest BCUT2D eigenvalue weighted by Gasteiger charge is 2.20. The average Bonchev–Trinajstić information content (AvgIpc) is 2.32. The Kier molecular flexibility index (Phi) is 3.44. The molecule has 0 unspecified atom stereocenters. The van der Waals surface area contributed by atoms with Crippen LogP contribution in [0.4, 0.5) is 0 Å². The van der Waals surface area contributed by atoms with Gasteiger partial charge in [0.25, 0.3) is 0 Å². The Morgan fingerprint density at radius 3 is 2.86 bits per heavy atom. The third-order valence-electron chi connectivity index (χ3n) is 2.25. The minimum absolute atomic E-state index is 0.167. The van der Waals surface area contributed by atoms with E-state index < -0.39 is 0 Å². The van der Waals surface area contributed by atoms with Crippen molar-refractivity contribution in [3.63, 3.8) is 0 Å². The summed E-state index contributed by atoms with van der Waals surface area (Å²) in [6.07, 6.45) is 4.64. The van der Waals surface area contributed by atoms with Crippen molar-refractivity contribution in [2.75, 3.05) is 6.54 Å². The maximum atomic E-state index is 5.80. The van der Waals surface area contributed by atoms with Gasteiger partial charge in [-0.3, -0.25) is 4.99 Å². The molecule has 0 aromatic carbocycles. The fourth-order valence-electron chi connectivity index (χ4n) is 0.957. The number of hydrogen-bond acceptors (Lipinski definition) is 3. The molecule has 0 aliphatic carbocycles. The molecule has 78 valence electrons. The predicted octanol–water partition coefficient (Wildman–Crippen LogP) is 2.58. The minimum Gasteiger partial charge on any atom is -0.471 e. The molecule has 14 heavy (non-hydrogen) atoms. The standard InChI is InChI=1S/C11H18N2O/c1-5-11(3,4)14-10-9(2)12-7-6-8-13-10/h6-7H,5,8H2,1-4H3. The summed E-state index contributed by atoms with van der Waals surface area (Å²) in [6, 6.07) is 0. The lowest BCUT2D eigenvalue weighted by atomic mass is 10.1. The molecule has 0 bridgehead atoms. The molecule has 0 atom stereocenters. The van der Waals surface area contributed by atoms with Crippen LogP contribution in [0.5, 0.6) is 0 Å². The third kappa shape index (κ3) is 2.98. The second-order valence-electron chi connectivity index (χ2n) is 3.96. The van der Waals surface area contributed by atoms with E-state index in [1.54, 1.807) is 6.20 Å². The van der Waals surface area contributed by atoms with Crippen LogP contribution in [0.2, 0.25) is 0 Å². The topological polar surface area (TPSA) is 34.0 Å². The van der Waals surface area contributed by atoms with Crippen molar-refractivity contribution in [3.8, 4) is 0 Å². The summed E-state index contributed by atoms with van der Waals surface area (Å²) in [5.74, 6) is 0.668. The number of nitrogens with zero attached hydrogens (tertiary/aromatic N) is 2. The molecule has 0 aromatic heterocycles. The van der Waals surface area contributed by atoms with Crippen molar-refractivity contribution in [1.29, 1.82) is 0 Å². The van der Waals surface area contributed by atoms with Gasteiger partial charge in [-0.25, -0.2) is 4.99 Å². The first-order valence-corrected chi connectivity index (χ1v) is 4.98. The van der Waals surface area contributed by atoms with Gasteiger partial charge in [0.05, 0.1) is 12.3 Å². The molecule has 0 amide bonds. The fourth-order valence-corrected chi connectivity index (χ4v) is 0.957. The molecule has 3 heteroatoms. The first-order valence-electron chi connectivity index (χ1n) is 4.98. The molecule has 1 heterocycles. The van der Waals surface area contributed by atoms with Gasteiger partial charge in [-0.15, -0.1) is 0 Å². The molecular formula is C11H18N2O. The lowest BCUT2D eigenvalue weighted by molar-refractivity contribution is 0.0945. The Balaban J connectivity index is 2.74. The van der Waals surface area contributed by atoms with E-state index in [-0.39, 0.29) is 5.60 Å². The van der Waals surface area contributed by atoms with E-state index in [2.05, 4.69) is 30.8 Å². The summed E-state index contributed by atoms with van der Waals surface area (Å²) in [5, 5.41) is 0. The molecule has 0 radical (unpaired) electrons. The van der Waals surface area contributed by atoms with Gasteiger partial charge in [0.1, 0.15) is 5.60 Å². The Labute approximate surface area is 85.6 Å². The molecule has 0 saturated heterocycles. The summed E-state index contributed by atoms with van der Waals surface area (Å²) in [4.78, 5) is 8.52. The molecular weight excluding hydrogens is 176 g/mol. The maximum absolute atomic E-state index is 5.80. The van der Waals surface area contributed by atoms with Crippen LogP contribution in [0.15, 0.2) is 22.3 Å². The van der Waals surface area contributed by atoms with Crippen LogP contribution < -0.4 is 0 Å². The van der Waals surface area contributed by atoms with E-state index in [4.69, 9.17) is 4.74 Å². The molecule has 0 N–H and O–H groups in total. The molecule has 1 aliphatic heterocycles. The Morgan fingerprint density at radius 2 is 2.21 bits per heavy atom. The van der Waals surface area contributed by atoms with E-state index in [1.807, 2.05) is 13.0 Å². The van der Waals surface area contributed by atoms with Gasteiger partial charge in [0.2, 0.25) is 5.90 Å². The first kappa shape index (κ1) is 11.0. The second kappa shape index (κ2) is 4.40. The molecule has 0 aromatic rings. The zero-order valence-corrected chi connectivity index (χ0v) is 9.37. The quantitative estimate of drug-likeness (QED) is 0.665. The number of ether oxygens (including phenoxy) is 1. The summed E-state index contributed by atoms with van der Waals surface area (Å²) in [7, 11) is 0. The van der Waals surface area contributed by atoms with Gasteiger partial charge < -0.3 is 4.74 Å². The molecule has 0 saturated carbocycles. The van der Waals surface area contributed by atoms with E-state index in [1.165, 1.54) is 0 Å². The average molecular weight is 194 g/mol. The zero-order valence-electron chi connectivity index (χ0n) is 9.37. The highest BCUT2D eigenvalue weighted by molar-refractivity contribution is 6.38. The Bertz CT molecular complexity index is 288. The van der Waals surface area contributed by atoms with Crippen LogP contribution in [0.1, 0.15) is 34.1 Å². The summed E-state index contributed by atoms with van der Waals surface area (Å²) in [5.41, 5.74) is 0.681. The van der Waals surface area contributed by atoms with Crippen LogP contribution in [0, 0.1) is 0 Å². The largest absolute Gasteiger partial charge is 0.471 e. The number of aliphatic imine (C=N–C) groups is 2. The van der Waals surface area contributed by atoms with Gasteiger partial charge in [0.15, 0.2) is 0 Å². The van der Waals surface area contributed by atoms with Gasteiger partial charge in [-0.05, 0) is 33.3 Å². The summed E-state index contributed by atoms with van der Waals surface area (Å²) < 4.78 is 5.80. The van der Waals surface area contributed by atoms with Crippen LogP contribution in [0.25, 0.3) is 0 Å². The second-order valence-corrected chi connectivity index (χ2v) is 3.96. The SMILES string of the molecule is CCC(C)(C)OC1=NCC=CN=C1C. The molecule has 0 spiro atoms. The van der Waals surface area contributed by atoms with E-state index in [9.17, 15) is 0 Å². The number of hydrogen-bond donors (Lipinski definition) is 0. The molecule has 3 nitrogen and oxygen atoms in total. The minimum atomic E-state index is -0.167. The fraction of sp³-hybridized carbons (Fsp3) is 0.636. The van der Waals surface area contributed by atoms with Crippen molar-refractivity contribution in [2.24, 2.45) is 9.98 Å². The molecule has 1 rings (SSSR count). The monoisotopic (exact) mass is 194 g/mol. The van der Waals surface area contributed by atoms with Crippen molar-refractivity contribution in [3.05, 3.63) is 12.3 Å².